The third-order valence-corrected chi connectivity index (χ3v) is 8.64. The van der Waals surface area contributed by atoms with Crippen LogP contribution in [0.3, 0.4) is 0 Å². The van der Waals surface area contributed by atoms with Crippen LogP contribution in [0.5, 0.6) is 0 Å². The van der Waals surface area contributed by atoms with Crippen LogP contribution in [0.4, 0.5) is 0 Å². The quantitative estimate of drug-likeness (QED) is 0.189. The van der Waals surface area contributed by atoms with E-state index in [1.165, 1.54) is 0 Å². The van der Waals surface area contributed by atoms with Gasteiger partial charge in [-0.05, 0) is 114 Å². The SMILES string of the molecule is N#Cc1ccc(C(c2ccc(C#N)cc2)=c2c3ccccc3c(=C(c3ccc(C#N)cc3)c3ccc(C#N)cc3)c3ccccc23)cc1. The van der Waals surface area contributed by atoms with Gasteiger partial charge in [0.15, 0.2) is 0 Å². The summed E-state index contributed by atoms with van der Waals surface area (Å²) in [6, 6.07) is 56.2. The van der Waals surface area contributed by atoms with Gasteiger partial charge < -0.3 is 0 Å². The Morgan fingerprint density at radius 3 is 0.688 bits per heavy atom. The van der Waals surface area contributed by atoms with Crippen LogP contribution in [0, 0.1) is 45.3 Å². The molecule has 0 amide bonds. The Hall–Kier alpha value is -7.24. The van der Waals surface area contributed by atoms with E-state index in [0.29, 0.717) is 22.3 Å². The fraction of sp³-hybridized carbons (Fsp3) is 0. The molecule has 0 atom stereocenters. The molecule has 48 heavy (non-hydrogen) atoms. The third-order valence-electron chi connectivity index (χ3n) is 8.64. The summed E-state index contributed by atoms with van der Waals surface area (Å²) in [4.78, 5) is 0. The van der Waals surface area contributed by atoms with Crippen molar-refractivity contribution in [3.8, 4) is 24.3 Å². The van der Waals surface area contributed by atoms with Gasteiger partial charge in [0.1, 0.15) is 0 Å². The number of benzene rings is 7. The zero-order valence-electron chi connectivity index (χ0n) is 25.6. The highest BCUT2D eigenvalue weighted by Gasteiger charge is 2.17. The van der Waals surface area contributed by atoms with E-state index in [4.69, 9.17) is 0 Å². The molecule has 0 aliphatic heterocycles. The Bertz CT molecular complexity index is 2290. The molecule has 7 aromatic carbocycles. The third kappa shape index (κ3) is 5.23. The van der Waals surface area contributed by atoms with Crippen LogP contribution in [-0.4, -0.2) is 0 Å². The highest BCUT2D eigenvalue weighted by atomic mass is 14.3. The van der Waals surface area contributed by atoms with Crippen molar-refractivity contribution in [1.29, 1.82) is 21.0 Å². The molecule has 7 rings (SSSR count). The zero-order valence-corrected chi connectivity index (χ0v) is 25.6. The minimum absolute atomic E-state index is 0.576. The lowest BCUT2D eigenvalue weighted by molar-refractivity contribution is 1.44. The van der Waals surface area contributed by atoms with Crippen LogP contribution < -0.4 is 10.4 Å². The maximum absolute atomic E-state index is 9.55. The van der Waals surface area contributed by atoms with Crippen molar-refractivity contribution in [2.75, 3.05) is 0 Å². The standard InChI is InChI=1S/C44H24N4/c45-25-29-9-17-33(18-10-29)41(34-19-11-30(26-46)12-20-34)43-37-5-1-2-6-38(37)44(40-8-4-3-7-39(40)43)42(35-21-13-31(27-47)14-22-35)36-23-15-32(28-48)16-24-36/h1-24H. The Labute approximate surface area is 277 Å². The van der Waals surface area contributed by atoms with Crippen LogP contribution >= 0.6 is 0 Å². The maximum atomic E-state index is 9.55. The van der Waals surface area contributed by atoms with Gasteiger partial charge in [0, 0.05) is 0 Å². The number of fused-ring (bicyclic) bond motifs is 2. The smallest absolute Gasteiger partial charge is 0.0991 e. The molecule has 4 nitrogen and oxygen atoms in total. The summed E-state index contributed by atoms with van der Waals surface area (Å²) >= 11 is 0. The van der Waals surface area contributed by atoms with E-state index in [1.54, 1.807) is 0 Å². The van der Waals surface area contributed by atoms with Crippen molar-refractivity contribution in [3.05, 3.63) is 201 Å². The van der Waals surface area contributed by atoms with Gasteiger partial charge in [0.05, 0.1) is 46.5 Å². The first-order valence-corrected chi connectivity index (χ1v) is 15.3. The van der Waals surface area contributed by atoms with Crippen LogP contribution in [0.25, 0.3) is 32.7 Å². The normalized spacial score (nSPS) is 10.4. The van der Waals surface area contributed by atoms with Gasteiger partial charge >= 0.3 is 0 Å². The first-order valence-electron chi connectivity index (χ1n) is 15.3. The number of nitriles is 4. The lowest BCUT2D eigenvalue weighted by Crippen LogP contribution is -2.21. The summed E-state index contributed by atoms with van der Waals surface area (Å²) in [5.74, 6) is 0. The van der Waals surface area contributed by atoms with Crippen molar-refractivity contribution in [3.63, 3.8) is 0 Å². The molecule has 4 heteroatoms. The molecule has 0 N–H and O–H groups in total. The van der Waals surface area contributed by atoms with E-state index in [2.05, 4.69) is 48.5 Å². The zero-order chi connectivity index (χ0) is 33.0. The number of hydrogen-bond donors (Lipinski definition) is 0. The summed E-state index contributed by atoms with van der Waals surface area (Å²) in [5.41, 5.74) is 8.08. The second-order valence-electron chi connectivity index (χ2n) is 11.3. The largest absolute Gasteiger partial charge is 0.192 e. The van der Waals surface area contributed by atoms with Gasteiger partial charge in [-0.25, -0.2) is 0 Å². The fourth-order valence-electron chi connectivity index (χ4n) is 6.42. The average molecular weight is 609 g/mol. The predicted octanol–water partition coefficient (Wildman–Crippen LogP) is 7.97. The van der Waals surface area contributed by atoms with E-state index in [-0.39, 0.29) is 0 Å². The van der Waals surface area contributed by atoms with Crippen molar-refractivity contribution < 1.29 is 0 Å². The second kappa shape index (κ2) is 12.6. The number of hydrogen-bond acceptors (Lipinski definition) is 4. The molecule has 0 saturated heterocycles. The fourth-order valence-corrected chi connectivity index (χ4v) is 6.42. The minimum Gasteiger partial charge on any atom is -0.192 e. The van der Waals surface area contributed by atoms with Gasteiger partial charge in [0.25, 0.3) is 0 Å². The molecular weight excluding hydrogens is 585 g/mol. The van der Waals surface area contributed by atoms with Crippen molar-refractivity contribution in [2.24, 2.45) is 0 Å². The minimum atomic E-state index is 0.576. The number of rotatable bonds is 4. The number of nitrogens with zero attached hydrogens (tertiary/aromatic N) is 4. The van der Waals surface area contributed by atoms with E-state index in [0.717, 1.165) is 65.4 Å². The molecule has 0 radical (unpaired) electrons. The van der Waals surface area contributed by atoms with Crippen molar-refractivity contribution in [1.82, 2.24) is 0 Å². The van der Waals surface area contributed by atoms with E-state index >= 15 is 0 Å². The van der Waals surface area contributed by atoms with Crippen LogP contribution in [0.1, 0.15) is 44.5 Å². The monoisotopic (exact) mass is 608 g/mol. The molecule has 0 heterocycles. The highest BCUT2D eigenvalue weighted by molar-refractivity contribution is 6.06. The van der Waals surface area contributed by atoms with Crippen LogP contribution in [0.2, 0.25) is 0 Å². The lowest BCUT2D eigenvalue weighted by atomic mass is 9.86. The van der Waals surface area contributed by atoms with Gasteiger partial charge in [-0.15, -0.1) is 0 Å². The molecule has 0 unspecified atom stereocenters. The summed E-state index contributed by atoms with van der Waals surface area (Å²) in [5, 5.41) is 44.4. The predicted molar refractivity (Wildman–Crippen MR) is 189 cm³/mol. The Morgan fingerprint density at radius 1 is 0.292 bits per heavy atom. The molecule has 0 aromatic heterocycles. The lowest BCUT2D eigenvalue weighted by Gasteiger charge is -2.17. The van der Waals surface area contributed by atoms with Gasteiger partial charge in [0.2, 0.25) is 0 Å². The maximum Gasteiger partial charge on any atom is 0.0991 e. The van der Waals surface area contributed by atoms with Crippen molar-refractivity contribution in [2.45, 2.75) is 0 Å². The summed E-state index contributed by atoms with van der Waals surface area (Å²) < 4.78 is 0. The Morgan fingerprint density at radius 2 is 0.500 bits per heavy atom. The molecule has 0 saturated carbocycles. The average Bonchev–Trinajstić information content (AvgIpc) is 3.16. The Kier molecular flexibility index (Phi) is 7.76. The summed E-state index contributed by atoms with van der Waals surface area (Å²) in [7, 11) is 0. The van der Waals surface area contributed by atoms with Gasteiger partial charge in [-0.3, -0.25) is 0 Å². The first kappa shape index (κ1) is 29.5. The van der Waals surface area contributed by atoms with E-state index < -0.39 is 0 Å². The van der Waals surface area contributed by atoms with E-state index in [1.807, 2.05) is 121 Å². The molecule has 0 bridgehead atoms. The van der Waals surface area contributed by atoms with Gasteiger partial charge in [-0.1, -0.05) is 97.1 Å². The summed E-state index contributed by atoms with van der Waals surface area (Å²) in [6.07, 6.45) is 0. The Balaban J connectivity index is 1.75. The highest BCUT2D eigenvalue weighted by Crippen LogP contribution is 2.28. The molecule has 0 fully saturated rings. The molecule has 7 aromatic rings. The summed E-state index contributed by atoms with van der Waals surface area (Å²) in [6.45, 7) is 0. The molecule has 0 aliphatic carbocycles. The molecular formula is C44H24N4. The van der Waals surface area contributed by atoms with Crippen LogP contribution in [-0.2, 0) is 0 Å². The molecule has 0 aliphatic rings. The second-order valence-corrected chi connectivity index (χ2v) is 11.3. The van der Waals surface area contributed by atoms with E-state index in [9.17, 15) is 21.0 Å². The first-order chi connectivity index (χ1) is 23.6. The molecule has 220 valence electrons. The van der Waals surface area contributed by atoms with Crippen molar-refractivity contribution >= 4 is 32.7 Å². The topological polar surface area (TPSA) is 95.2 Å². The van der Waals surface area contributed by atoms with Crippen LogP contribution in [0.15, 0.2) is 146 Å². The molecule has 0 spiro atoms. The van der Waals surface area contributed by atoms with Gasteiger partial charge in [-0.2, -0.15) is 21.0 Å².